The number of aromatic nitrogens is 2. The molecule has 7 heteroatoms. The fraction of sp³-hybridized carbons (Fsp3) is 0.150. The molecule has 2 N–H and O–H groups in total. The van der Waals surface area contributed by atoms with Crippen LogP contribution in [0.4, 0.5) is 10.3 Å². The van der Waals surface area contributed by atoms with E-state index in [-0.39, 0.29) is 17.4 Å². The molecule has 0 aliphatic heterocycles. The zero-order valence-corrected chi connectivity index (χ0v) is 14.8. The average molecular weight is 366 g/mol. The molecule has 0 fully saturated rings. The molecule has 2 aromatic carbocycles. The molecule has 3 aromatic rings. The van der Waals surface area contributed by atoms with Gasteiger partial charge in [0.05, 0.1) is 7.11 Å². The number of anilines is 1. The van der Waals surface area contributed by atoms with Crippen molar-refractivity contribution in [3.63, 3.8) is 0 Å². The summed E-state index contributed by atoms with van der Waals surface area (Å²) < 4.78 is 18.0. The highest BCUT2D eigenvalue weighted by Gasteiger charge is 2.09. The van der Waals surface area contributed by atoms with Crippen LogP contribution in [-0.2, 0) is 13.1 Å². The van der Waals surface area contributed by atoms with Crippen LogP contribution >= 0.6 is 0 Å². The number of nitrogens with zero attached hydrogens (tertiary/aromatic N) is 2. The Morgan fingerprint density at radius 1 is 1.00 bits per heavy atom. The van der Waals surface area contributed by atoms with Crippen molar-refractivity contribution < 1.29 is 13.9 Å². The zero-order valence-electron chi connectivity index (χ0n) is 14.8. The maximum atomic E-state index is 12.9. The number of carbonyl (C=O) groups is 1. The third-order valence-electron chi connectivity index (χ3n) is 3.86. The number of rotatable bonds is 7. The number of carbonyl (C=O) groups excluding carboxylic acids is 1. The highest BCUT2D eigenvalue weighted by atomic mass is 19.1. The lowest BCUT2D eigenvalue weighted by Crippen LogP contribution is -2.24. The Bertz CT molecular complexity index is 899. The molecule has 0 radical (unpaired) electrons. The van der Waals surface area contributed by atoms with Gasteiger partial charge in [0.1, 0.15) is 17.3 Å². The average Bonchev–Trinajstić information content (AvgIpc) is 2.72. The molecule has 0 aliphatic rings. The van der Waals surface area contributed by atoms with E-state index in [1.807, 2.05) is 24.3 Å². The highest BCUT2D eigenvalue weighted by Crippen LogP contribution is 2.11. The van der Waals surface area contributed by atoms with Crippen LogP contribution in [0.25, 0.3) is 0 Å². The van der Waals surface area contributed by atoms with Crippen LogP contribution in [0.5, 0.6) is 5.75 Å². The second-order valence-corrected chi connectivity index (χ2v) is 5.78. The second-order valence-electron chi connectivity index (χ2n) is 5.78. The van der Waals surface area contributed by atoms with Crippen molar-refractivity contribution >= 4 is 11.9 Å². The van der Waals surface area contributed by atoms with E-state index in [9.17, 15) is 9.18 Å². The van der Waals surface area contributed by atoms with Crippen molar-refractivity contribution in [2.24, 2.45) is 0 Å². The van der Waals surface area contributed by atoms with Crippen LogP contribution in [0.15, 0.2) is 60.8 Å². The van der Waals surface area contributed by atoms with Crippen LogP contribution in [-0.4, -0.2) is 23.0 Å². The predicted octanol–water partition coefficient (Wildman–Crippen LogP) is 3.17. The van der Waals surface area contributed by atoms with E-state index in [2.05, 4.69) is 20.6 Å². The third-order valence-corrected chi connectivity index (χ3v) is 3.86. The molecule has 27 heavy (non-hydrogen) atoms. The van der Waals surface area contributed by atoms with Crippen molar-refractivity contribution in [1.29, 1.82) is 0 Å². The van der Waals surface area contributed by atoms with Gasteiger partial charge < -0.3 is 15.4 Å². The van der Waals surface area contributed by atoms with Gasteiger partial charge in [0.15, 0.2) is 0 Å². The first-order valence-electron chi connectivity index (χ1n) is 8.36. The van der Waals surface area contributed by atoms with Crippen LogP contribution in [0, 0.1) is 5.82 Å². The normalized spacial score (nSPS) is 10.3. The van der Waals surface area contributed by atoms with Gasteiger partial charge in [0, 0.05) is 19.3 Å². The van der Waals surface area contributed by atoms with Crippen molar-refractivity contribution in [1.82, 2.24) is 15.3 Å². The minimum absolute atomic E-state index is 0.264. The van der Waals surface area contributed by atoms with Gasteiger partial charge in [-0.25, -0.2) is 14.4 Å². The van der Waals surface area contributed by atoms with Crippen molar-refractivity contribution in [2.45, 2.75) is 13.1 Å². The number of hydrogen-bond acceptors (Lipinski definition) is 5. The molecule has 1 heterocycles. The molecule has 0 saturated carbocycles. The summed E-state index contributed by atoms with van der Waals surface area (Å²) in [6.07, 6.45) is 1.52. The van der Waals surface area contributed by atoms with Gasteiger partial charge in [0.25, 0.3) is 5.91 Å². The smallest absolute Gasteiger partial charge is 0.270 e. The Kier molecular flexibility index (Phi) is 5.94. The summed E-state index contributed by atoms with van der Waals surface area (Å²) in [4.78, 5) is 20.6. The molecule has 1 aromatic heterocycles. The lowest BCUT2D eigenvalue weighted by atomic mass is 10.2. The van der Waals surface area contributed by atoms with E-state index in [4.69, 9.17) is 4.74 Å². The van der Waals surface area contributed by atoms with E-state index in [1.54, 1.807) is 25.3 Å². The molecule has 0 bridgehead atoms. The lowest BCUT2D eigenvalue weighted by Gasteiger charge is -2.08. The number of ether oxygens (including phenoxy) is 1. The van der Waals surface area contributed by atoms with E-state index in [1.165, 1.54) is 18.3 Å². The maximum absolute atomic E-state index is 12.9. The number of benzene rings is 2. The fourth-order valence-electron chi connectivity index (χ4n) is 2.37. The lowest BCUT2D eigenvalue weighted by molar-refractivity contribution is 0.0946. The zero-order chi connectivity index (χ0) is 19.1. The third kappa shape index (κ3) is 5.24. The Balaban J connectivity index is 1.56. The Hall–Kier alpha value is -3.48. The van der Waals surface area contributed by atoms with Crippen molar-refractivity contribution in [2.75, 3.05) is 12.4 Å². The van der Waals surface area contributed by atoms with Crippen LogP contribution < -0.4 is 15.4 Å². The fourth-order valence-corrected chi connectivity index (χ4v) is 2.37. The molecule has 0 atom stereocenters. The minimum atomic E-state index is -0.293. The first kappa shape index (κ1) is 18.3. The maximum Gasteiger partial charge on any atom is 0.270 e. The van der Waals surface area contributed by atoms with Gasteiger partial charge >= 0.3 is 0 Å². The van der Waals surface area contributed by atoms with Gasteiger partial charge in [-0.05, 0) is 41.5 Å². The Morgan fingerprint density at radius 2 is 1.67 bits per heavy atom. The first-order chi connectivity index (χ1) is 13.1. The topological polar surface area (TPSA) is 76.1 Å². The number of halogens is 1. The molecular formula is C20H19FN4O2. The van der Waals surface area contributed by atoms with E-state index in [0.29, 0.717) is 19.0 Å². The van der Waals surface area contributed by atoms with Crippen LogP contribution in [0.3, 0.4) is 0 Å². The SMILES string of the molecule is COc1ccc(CNC(=O)c2ccnc(NCc3ccc(F)cc3)n2)cc1. The van der Waals surface area contributed by atoms with Gasteiger partial charge in [-0.1, -0.05) is 24.3 Å². The van der Waals surface area contributed by atoms with Crippen LogP contribution in [0.2, 0.25) is 0 Å². The summed E-state index contributed by atoms with van der Waals surface area (Å²) in [5.41, 5.74) is 2.10. The Morgan fingerprint density at radius 3 is 2.37 bits per heavy atom. The predicted molar refractivity (Wildman–Crippen MR) is 99.9 cm³/mol. The summed E-state index contributed by atoms with van der Waals surface area (Å²) in [7, 11) is 1.60. The van der Waals surface area contributed by atoms with E-state index in [0.717, 1.165) is 16.9 Å². The van der Waals surface area contributed by atoms with Gasteiger partial charge in [0.2, 0.25) is 5.95 Å². The molecule has 0 aliphatic carbocycles. The van der Waals surface area contributed by atoms with E-state index < -0.39 is 0 Å². The first-order valence-corrected chi connectivity index (χ1v) is 8.36. The standard InChI is InChI=1S/C20H19FN4O2/c1-27-17-8-4-15(5-9-17)12-23-19(26)18-10-11-22-20(25-18)24-13-14-2-6-16(21)7-3-14/h2-11H,12-13H2,1H3,(H,23,26)(H,22,24,25). The monoisotopic (exact) mass is 366 g/mol. The van der Waals surface area contributed by atoms with Crippen molar-refractivity contribution in [3.05, 3.63) is 83.4 Å². The molecule has 3 rings (SSSR count). The van der Waals surface area contributed by atoms with E-state index >= 15 is 0 Å². The summed E-state index contributed by atoms with van der Waals surface area (Å²) >= 11 is 0. The molecule has 0 saturated heterocycles. The molecule has 6 nitrogen and oxygen atoms in total. The molecule has 0 spiro atoms. The highest BCUT2D eigenvalue weighted by molar-refractivity contribution is 5.92. The molecular weight excluding hydrogens is 347 g/mol. The summed E-state index contributed by atoms with van der Waals surface area (Å²) in [5.74, 6) is 0.512. The largest absolute Gasteiger partial charge is 0.497 e. The van der Waals surface area contributed by atoms with Gasteiger partial charge in [-0.2, -0.15) is 0 Å². The molecule has 138 valence electrons. The number of methoxy groups -OCH3 is 1. The summed E-state index contributed by atoms with van der Waals surface area (Å²) in [6, 6.07) is 15.1. The number of nitrogens with one attached hydrogen (secondary N) is 2. The van der Waals surface area contributed by atoms with Gasteiger partial charge in [-0.3, -0.25) is 4.79 Å². The number of amides is 1. The summed E-state index contributed by atoms with van der Waals surface area (Å²) in [6.45, 7) is 0.808. The van der Waals surface area contributed by atoms with Crippen molar-refractivity contribution in [3.8, 4) is 5.75 Å². The Labute approximate surface area is 156 Å². The van der Waals surface area contributed by atoms with Gasteiger partial charge in [-0.15, -0.1) is 0 Å². The number of hydrogen-bond donors (Lipinski definition) is 2. The minimum Gasteiger partial charge on any atom is -0.497 e. The molecule has 1 amide bonds. The quantitative estimate of drug-likeness (QED) is 0.672. The summed E-state index contributed by atoms with van der Waals surface area (Å²) in [5, 5.41) is 5.84. The molecule has 0 unspecified atom stereocenters. The van der Waals surface area contributed by atoms with Crippen LogP contribution in [0.1, 0.15) is 21.6 Å². The second kappa shape index (κ2) is 8.75.